The second-order valence-corrected chi connectivity index (χ2v) is 3.78. The summed E-state index contributed by atoms with van der Waals surface area (Å²) in [4.78, 5) is 0. The summed E-state index contributed by atoms with van der Waals surface area (Å²) in [5.41, 5.74) is 0. The molecule has 0 aromatic heterocycles. The second-order valence-electron chi connectivity index (χ2n) is 3.78. The maximum Gasteiger partial charge on any atom is -0.0320 e. The minimum Gasteiger partial charge on any atom is -0.0888 e. The van der Waals surface area contributed by atoms with Crippen molar-refractivity contribution in [3.63, 3.8) is 0 Å². The van der Waals surface area contributed by atoms with Crippen molar-refractivity contribution in [2.24, 2.45) is 11.8 Å². The third-order valence-corrected chi connectivity index (χ3v) is 2.88. The van der Waals surface area contributed by atoms with Crippen molar-refractivity contribution in [3.05, 3.63) is 12.2 Å². The SMILES string of the molecule is CCC=CCC1CCCC1C. The fourth-order valence-electron chi connectivity index (χ4n) is 2.01. The average molecular weight is 152 g/mol. The predicted octanol–water partition coefficient (Wildman–Crippen LogP) is 3.78. The van der Waals surface area contributed by atoms with E-state index in [4.69, 9.17) is 0 Å². The van der Waals surface area contributed by atoms with E-state index < -0.39 is 0 Å². The summed E-state index contributed by atoms with van der Waals surface area (Å²) in [6.45, 7) is 4.60. The van der Waals surface area contributed by atoms with Crippen molar-refractivity contribution in [2.75, 3.05) is 0 Å². The minimum absolute atomic E-state index is 0.983. The van der Waals surface area contributed by atoms with E-state index in [-0.39, 0.29) is 0 Å². The lowest BCUT2D eigenvalue weighted by Crippen LogP contribution is -2.01. The molecule has 0 saturated heterocycles. The summed E-state index contributed by atoms with van der Waals surface area (Å²) in [5, 5.41) is 0. The van der Waals surface area contributed by atoms with E-state index in [9.17, 15) is 0 Å². The van der Waals surface area contributed by atoms with Crippen molar-refractivity contribution in [1.82, 2.24) is 0 Å². The minimum atomic E-state index is 0.983. The molecule has 0 aromatic carbocycles. The number of hydrogen-bond donors (Lipinski definition) is 0. The van der Waals surface area contributed by atoms with Crippen LogP contribution in [-0.2, 0) is 0 Å². The Labute approximate surface area is 70.7 Å². The van der Waals surface area contributed by atoms with E-state index in [1.807, 2.05) is 0 Å². The van der Waals surface area contributed by atoms with Gasteiger partial charge in [-0.15, -0.1) is 0 Å². The van der Waals surface area contributed by atoms with Crippen LogP contribution >= 0.6 is 0 Å². The first-order chi connectivity index (χ1) is 5.34. The number of rotatable bonds is 3. The lowest BCUT2D eigenvalue weighted by Gasteiger charge is -2.11. The highest BCUT2D eigenvalue weighted by Crippen LogP contribution is 2.33. The standard InChI is InChI=1S/C11H20/c1-3-4-5-8-11-9-6-7-10(11)2/h4-5,10-11H,3,6-9H2,1-2H3. The smallest absolute Gasteiger partial charge is 0.0320 e. The van der Waals surface area contributed by atoms with Crippen LogP contribution in [-0.4, -0.2) is 0 Å². The van der Waals surface area contributed by atoms with Gasteiger partial charge in [0.05, 0.1) is 0 Å². The summed E-state index contributed by atoms with van der Waals surface area (Å²) >= 11 is 0. The van der Waals surface area contributed by atoms with Gasteiger partial charge in [-0.3, -0.25) is 0 Å². The van der Waals surface area contributed by atoms with Crippen molar-refractivity contribution in [3.8, 4) is 0 Å². The van der Waals surface area contributed by atoms with E-state index in [1.165, 1.54) is 32.1 Å². The third-order valence-electron chi connectivity index (χ3n) is 2.88. The zero-order valence-electron chi connectivity index (χ0n) is 7.84. The highest BCUT2D eigenvalue weighted by Gasteiger charge is 2.21. The zero-order chi connectivity index (χ0) is 8.10. The van der Waals surface area contributed by atoms with Crippen LogP contribution in [0.5, 0.6) is 0 Å². The Morgan fingerprint density at radius 3 is 2.64 bits per heavy atom. The molecule has 0 heteroatoms. The van der Waals surface area contributed by atoms with Crippen LogP contribution in [0.3, 0.4) is 0 Å². The van der Waals surface area contributed by atoms with Crippen LogP contribution in [0.2, 0.25) is 0 Å². The molecule has 2 unspecified atom stereocenters. The first-order valence-corrected chi connectivity index (χ1v) is 4.99. The Kier molecular flexibility index (Phi) is 3.68. The lowest BCUT2D eigenvalue weighted by molar-refractivity contribution is 0.423. The topological polar surface area (TPSA) is 0 Å². The molecule has 1 saturated carbocycles. The molecular formula is C11H20. The highest BCUT2D eigenvalue weighted by atomic mass is 14.3. The van der Waals surface area contributed by atoms with Gasteiger partial charge in [-0.05, 0) is 31.1 Å². The quantitative estimate of drug-likeness (QED) is 0.540. The Bertz CT molecular complexity index is 124. The summed E-state index contributed by atoms with van der Waals surface area (Å²) in [6.07, 6.45) is 11.6. The van der Waals surface area contributed by atoms with E-state index in [0.717, 1.165) is 11.8 Å². The third kappa shape index (κ3) is 2.69. The van der Waals surface area contributed by atoms with E-state index in [0.29, 0.717) is 0 Å². The van der Waals surface area contributed by atoms with Crippen LogP contribution in [0.25, 0.3) is 0 Å². The molecule has 0 N–H and O–H groups in total. The molecule has 0 spiro atoms. The first-order valence-electron chi connectivity index (χ1n) is 4.99. The molecule has 0 nitrogen and oxygen atoms in total. The Morgan fingerprint density at radius 1 is 1.27 bits per heavy atom. The normalized spacial score (nSPS) is 31.8. The van der Waals surface area contributed by atoms with Gasteiger partial charge in [0.15, 0.2) is 0 Å². The molecule has 0 amide bonds. The number of allylic oxidation sites excluding steroid dienone is 2. The van der Waals surface area contributed by atoms with E-state index in [2.05, 4.69) is 26.0 Å². The largest absolute Gasteiger partial charge is 0.0888 e. The van der Waals surface area contributed by atoms with Crippen LogP contribution in [0.4, 0.5) is 0 Å². The molecule has 0 aliphatic heterocycles. The van der Waals surface area contributed by atoms with Gasteiger partial charge < -0.3 is 0 Å². The Hall–Kier alpha value is -0.260. The van der Waals surface area contributed by atoms with Crippen LogP contribution in [0.1, 0.15) is 46.0 Å². The maximum absolute atomic E-state index is 2.40. The van der Waals surface area contributed by atoms with Gasteiger partial charge in [-0.25, -0.2) is 0 Å². The summed E-state index contributed by atoms with van der Waals surface area (Å²) < 4.78 is 0. The number of hydrogen-bond acceptors (Lipinski definition) is 0. The zero-order valence-corrected chi connectivity index (χ0v) is 7.84. The maximum atomic E-state index is 2.40. The fraction of sp³-hybridized carbons (Fsp3) is 0.818. The van der Waals surface area contributed by atoms with Gasteiger partial charge in [-0.1, -0.05) is 38.8 Å². The summed E-state index contributed by atoms with van der Waals surface area (Å²) in [7, 11) is 0. The lowest BCUT2D eigenvalue weighted by atomic mass is 9.94. The van der Waals surface area contributed by atoms with Crippen LogP contribution < -0.4 is 0 Å². The molecule has 0 radical (unpaired) electrons. The fourth-order valence-corrected chi connectivity index (χ4v) is 2.01. The van der Waals surface area contributed by atoms with Crippen molar-refractivity contribution in [1.29, 1.82) is 0 Å². The van der Waals surface area contributed by atoms with E-state index in [1.54, 1.807) is 0 Å². The molecule has 1 fully saturated rings. The van der Waals surface area contributed by atoms with Gasteiger partial charge >= 0.3 is 0 Å². The van der Waals surface area contributed by atoms with Gasteiger partial charge in [0.25, 0.3) is 0 Å². The van der Waals surface area contributed by atoms with Crippen molar-refractivity contribution in [2.45, 2.75) is 46.0 Å². The van der Waals surface area contributed by atoms with Crippen molar-refractivity contribution >= 4 is 0 Å². The molecule has 0 aromatic rings. The van der Waals surface area contributed by atoms with E-state index >= 15 is 0 Å². The molecule has 0 bridgehead atoms. The molecule has 0 heterocycles. The summed E-state index contributed by atoms with van der Waals surface area (Å²) in [6, 6.07) is 0. The van der Waals surface area contributed by atoms with Gasteiger partial charge in [-0.2, -0.15) is 0 Å². The van der Waals surface area contributed by atoms with Crippen molar-refractivity contribution < 1.29 is 0 Å². The second kappa shape index (κ2) is 4.58. The molecule has 2 atom stereocenters. The molecule has 1 aliphatic carbocycles. The first kappa shape index (κ1) is 8.83. The molecular weight excluding hydrogens is 132 g/mol. The monoisotopic (exact) mass is 152 g/mol. The molecule has 64 valence electrons. The predicted molar refractivity (Wildman–Crippen MR) is 50.6 cm³/mol. The van der Waals surface area contributed by atoms with Crippen LogP contribution in [0, 0.1) is 11.8 Å². The molecule has 11 heavy (non-hydrogen) atoms. The highest BCUT2D eigenvalue weighted by molar-refractivity contribution is 4.86. The van der Waals surface area contributed by atoms with Gasteiger partial charge in [0.1, 0.15) is 0 Å². The molecule has 1 aliphatic rings. The van der Waals surface area contributed by atoms with Crippen LogP contribution in [0.15, 0.2) is 12.2 Å². The molecule has 1 rings (SSSR count). The summed E-state index contributed by atoms with van der Waals surface area (Å²) in [5.74, 6) is 1.98. The van der Waals surface area contributed by atoms with Gasteiger partial charge in [0, 0.05) is 0 Å². The Balaban J connectivity index is 2.20. The van der Waals surface area contributed by atoms with Gasteiger partial charge in [0.2, 0.25) is 0 Å². The Morgan fingerprint density at radius 2 is 2.09 bits per heavy atom. The average Bonchev–Trinajstić information content (AvgIpc) is 2.37.